The summed E-state index contributed by atoms with van der Waals surface area (Å²) in [5, 5.41) is 6.12. The van der Waals surface area contributed by atoms with Gasteiger partial charge >= 0.3 is 0 Å². The van der Waals surface area contributed by atoms with Gasteiger partial charge in [-0.05, 0) is 31.5 Å². The SMILES string of the molecule is CCN(CC)S(=O)(=O)c1ccc(C(C)NC(=O)[C@H]2NCCO[C@@H]2C)cc1.Cl. The number of hydrogen-bond acceptors (Lipinski definition) is 5. The van der Waals surface area contributed by atoms with Crippen molar-refractivity contribution in [2.24, 2.45) is 0 Å². The summed E-state index contributed by atoms with van der Waals surface area (Å²) >= 11 is 0. The Kier molecular flexibility index (Phi) is 9.17. The molecule has 1 unspecified atom stereocenters. The predicted molar refractivity (Wildman–Crippen MR) is 108 cm³/mol. The average molecular weight is 420 g/mol. The summed E-state index contributed by atoms with van der Waals surface area (Å²) in [6, 6.07) is 6.06. The molecular weight excluding hydrogens is 390 g/mol. The van der Waals surface area contributed by atoms with Crippen molar-refractivity contribution >= 4 is 28.3 Å². The topological polar surface area (TPSA) is 87.7 Å². The fourth-order valence-corrected chi connectivity index (χ4v) is 4.51. The highest BCUT2D eigenvalue weighted by atomic mass is 35.5. The molecule has 0 saturated carbocycles. The molecule has 1 heterocycles. The van der Waals surface area contributed by atoms with Gasteiger partial charge < -0.3 is 15.4 Å². The molecule has 0 spiro atoms. The van der Waals surface area contributed by atoms with Crippen LogP contribution in [0.1, 0.15) is 39.3 Å². The molecule has 0 bridgehead atoms. The lowest BCUT2D eigenvalue weighted by molar-refractivity contribution is -0.129. The predicted octanol–water partition coefficient (Wildman–Crippen LogP) is 1.69. The zero-order chi connectivity index (χ0) is 19.3. The maximum atomic E-state index is 12.5. The molecule has 1 fully saturated rings. The molecule has 9 heteroatoms. The van der Waals surface area contributed by atoms with Crippen molar-refractivity contribution in [3.8, 4) is 0 Å². The maximum Gasteiger partial charge on any atom is 0.243 e. The molecule has 2 N–H and O–H groups in total. The first-order valence-corrected chi connectivity index (χ1v) is 10.5. The lowest BCUT2D eigenvalue weighted by atomic mass is 10.1. The molecule has 27 heavy (non-hydrogen) atoms. The summed E-state index contributed by atoms with van der Waals surface area (Å²) in [4.78, 5) is 12.7. The smallest absolute Gasteiger partial charge is 0.243 e. The van der Waals surface area contributed by atoms with E-state index in [4.69, 9.17) is 4.74 Å². The van der Waals surface area contributed by atoms with Crippen LogP contribution in [0.25, 0.3) is 0 Å². The minimum Gasteiger partial charge on any atom is -0.375 e. The highest BCUT2D eigenvalue weighted by molar-refractivity contribution is 7.89. The van der Waals surface area contributed by atoms with Gasteiger partial charge in [-0.3, -0.25) is 4.79 Å². The number of nitrogens with zero attached hydrogens (tertiary/aromatic N) is 1. The third-order valence-corrected chi connectivity index (χ3v) is 6.75. The second-order valence-electron chi connectivity index (χ2n) is 6.40. The zero-order valence-electron chi connectivity index (χ0n) is 16.3. The monoisotopic (exact) mass is 419 g/mol. The van der Waals surface area contributed by atoms with Crippen molar-refractivity contribution in [2.75, 3.05) is 26.2 Å². The Morgan fingerprint density at radius 1 is 1.30 bits per heavy atom. The maximum absolute atomic E-state index is 12.5. The van der Waals surface area contributed by atoms with E-state index in [-0.39, 0.29) is 41.4 Å². The van der Waals surface area contributed by atoms with Crippen LogP contribution in [0, 0.1) is 0 Å². The molecule has 2 rings (SSSR count). The van der Waals surface area contributed by atoms with Gasteiger partial charge in [-0.25, -0.2) is 8.42 Å². The van der Waals surface area contributed by atoms with Crippen molar-refractivity contribution in [1.29, 1.82) is 0 Å². The van der Waals surface area contributed by atoms with Gasteiger partial charge in [0.05, 0.1) is 23.6 Å². The first-order chi connectivity index (χ1) is 12.3. The van der Waals surface area contributed by atoms with Crippen molar-refractivity contribution in [2.45, 2.75) is 50.8 Å². The van der Waals surface area contributed by atoms with Crippen molar-refractivity contribution in [1.82, 2.24) is 14.9 Å². The van der Waals surface area contributed by atoms with Crippen LogP contribution in [0.2, 0.25) is 0 Å². The summed E-state index contributed by atoms with van der Waals surface area (Å²) in [5.41, 5.74) is 0.848. The van der Waals surface area contributed by atoms with E-state index in [1.807, 2.05) is 27.7 Å². The van der Waals surface area contributed by atoms with E-state index >= 15 is 0 Å². The first-order valence-electron chi connectivity index (χ1n) is 9.06. The van der Waals surface area contributed by atoms with Crippen LogP contribution in [0.4, 0.5) is 0 Å². The molecule has 1 saturated heterocycles. The van der Waals surface area contributed by atoms with E-state index in [0.717, 1.165) is 5.56 Å². The summed E-state index contributed by atoms with van der Waals surface area (Å²) in [7, 11) is -3.47. The van der Waals surface area contributed by atoms with E-state index in [2.05, 4.69) is 10.6 Å². The highest BCUT2D eigenvalue weighted by Gasteiger charge is 2.29. The lowest BCUT2D eigenvalue weighted by Gasteiger charge is -2.30. The van der Waals surface area contributed by atoms with Crippen molar-refractivity contribution in [3.63, 3.8) is 0 Å². The van der Waals surface area contributed by atoms with Gasteiger partial charge in [0.1, 0.15) is 6.04 Å². The second kappa shape index (κ2) is 10.4. The summed E-state index contributed by atoms with van der Waals surface area (Å²) in [6.07, 6.45) is -0.183. The summed E-state index contributed by atoms with van der Waals surface area (Å²) < 4.78 is 32.0. The van der Waals surface area contributed by atoms with Gasteiger partial charge in [-0.1, -0.05) is 26.0 Å². The third kappa shape index (κ3) is 5.65. The first kappa shape index (κ1) is 23.8. The minimum atomic E-state index is -3.47. The van der Waals surface area contributed by atoms with Crippen LogP contribution in [-0.4, -0.2) is 57.0 Å². The number of nitrogens with one attached hydrogen (secondary N) is 2. The number of amides is 1. The third-order valence-electron chi connectivity index (χ3n) is 4.68. The minimum absolute atomic E-state index is 0. The average Bonchev–Trinajstić information content (AvgIpc) is 2.62. The molecule has 0 aromatic heterocycles. The van der Waals surface area contributed by atoms with E-state index in [1.54, 1.807) is 24.3 Å². The van der Waals surface area contributed by atoms with Gasteiger partial charge in [0.25, 0.3) is 0 Å². The van der Waals surface area contributed by atoms with Crippen LogP contribution in [-0.2, 0) is 19.6 Å². The Hall–Kier alpha value is -1.19. The van der Waals surface area contributed by atoms with Crippen molar-refractivity contribution < 1.29 is 17.9 Å². The molecule has 1 aliphatic heterocycles. The van der Waals surface area contributed by atoms with Gasteiger partial charge in [-0.2, -0.15) is 4.31 Å². The Labute approximate surface area is 168 Å². The molecule has 3 atom stereocenters. The fraction of sp³-hybridized carbons (Fsp3) is 0.611. The lowest BCUT2D eigenvalue weighted by Crippen LogP contribution is -2.55. The van der Waals surface area contributed by atoms with Crippen molar-refractivity contribution in [3.05, 3.63) is 29.8 Å². The second-order valence-corrected chi connectivity index (χ2v) is 8.33. The quantitative estimate of drug-likeness (QED) is 0.702. The zero-order valence-corrected chi connectivity index (χ0v) is 17.9. The standard InChI is InChI=1S/C18H29N3O4S.ClH/c1-5-21(6-2)26(23,24)16-9-7-15(8-10-16)13(3)20-18(22)17-14(4)25-12-11-19-17;/h7-10,13-14,17,19H,5-6,11-12H2,1-4H3,(H,20,22);1H/t13?,14-,17+;/m1./s1. The number of halogens is 1. The number of sulfonamides is 1. The Morgan fingerprint density at radius 3 is 2.41 bits per heavy atom. The molecule has 7 nitrogen and oxygen atoms in total. The molecule has 154 valence electrons. The van der Waals surface area contributed by atoms with E-state index in [0.29, 0.717) is 26.2 Å². The van der Waals surface area contributed by atoms with Crippen LogP contribution in [0.5, 0.6) is 0 Å². The van der Waals surface area contributed by atoms with Gasteiger partial charge in [0.2, 0.25) is 15.9 Å². The Bertz CT molecular complexity index is 708. The molecule has 1 aromatic carbocycles. The van der Waals surface area contributed by atoms with Gasteiger partial charge in [0.15, 0.2) is 0 Å². The normalized spacial score (nSPS) is 21.4. The molecule has 0 aliphatic carbocycles. The number of morpholine rings is 1. The summed E-state index contributed by atoms with van der Waals surface area (Å²) in [5.74, 6) is -0.121. The van der Waals surface area contributed by atoms with Crippen LogP contribution in [0.15, 0.2) is 29.2 Å². The number of carbonyl (C=O) groups excluding carboxylic acids is 1. The number of benzene rings is 1. The van der Waals surface area contributed by atoms with Crippen LogP contribution >= 0.6 is 12.4 Å². The number of carbonyl (C=O) groups is 1. The van der Waals surface area contributed by atoms with Crippen LogP contribution in [0.3, 0.4) is 0 Å². The highest BCUT2D eigenvalue weighted by Crippen LogP contribution is 2.19. The fourth-order valence-electron chi connectivity index (χ4n) is 3.05. The van der Waals surface area contributed by atoms with Gasteiger partial charge in [0, 0.05) is 19.6 Å². The van der Waals surface area contributed by atoms with E-state index in [1.165, 1.54) is 4.31 Å². The number of hydrogen-bond donors (Lipinski definition) is 2. The Balaban J connectivity index is 0.00000364. The summed E-state index contributed by atoms with van der Waals surface area (Å²) in [6.45, 7) is 9.49. The molecule has 1 amide bonds. The molecule has 0 radical (unpaired) electrons. The molecule has 1 aliphatic rings. The number of rotatable bonds is 7. The molecular formula is C18H30ClN3O4S. The Morgan fingerprint density at radius 2 is 1.89 bits per heavy atom. The van der Waals surface area contributed by atoms with E-state index < -0.39 is 10.0 Å². The number of ether oxygens (including phenoxy) is 1. The van der Waals surface area contributed by atoms with E-state index in [9.17, 15) is 13.2 Å². The molecule has 1 aromatic rings. The van der Waals surface area contributed by atoms with Crippen LogP contribution < -0.4 is 10.6 Å². The largest absolute Gasteiger partial charge is 0.375 e. The van der Waals surface area contributed by atoms with Gasteiger partial charge in [-0.15, -0.1) is 12.4 Å².